The predicted octanol–water partition coefficient (Wildman–Crippen LogP) is 1.40. The molecule has 5 heteroatoms. The van der Waals surface area contributed by atoms with Crippen molar-refractivity contribution < 1.29 is 19.1 Å². The van der Waals surface area contributed by atoms with Crippen LogP contribution in [-0.4, -0.2) is 43.6 Å². The van der Waals surface area contributed by atoms with Crippen molar-refractivity contribution in [2.45, 2.75) is 25.3 Å². The molecule has 1 fully saturated rings. The van der Waals surface area contributed by atoms with Gasteiger partial charge in [0, 0.05) is 6.54 Å². The molecule has 1 heterocycles. The van der Waals surface area contributed by atoms with Crippen LogP contribution in [0.1, 0.15) is 18.4 Å². The molecule has 0 aliphatic carbocycles. The van der Waals surface area contributed by atoms with E-state index in [4.69, 9.17) is 9.47 Å². The van der Waals surface area contributed by atoms with Gasteiger partial charge in [-0.25, -0.2) is 4.79 Å². The summed E-state index contributed by atoms with van der Waals surface area (Å²) < 4.78 is 9.83. The van der Waals surface area contributed by atoms with Crippen molar-refractivity contribution in [1.29, 1.82) is 0 Å². The minimum absolute atomic E-state index is 0.0388. The maximum Gasteiger partial charge on any atom is 0.328 e. The van der Waals surface area contributed by atoms with Gasteiger partial charge in [0.1, 0.15) is 11.8 Å². The average molecular weight is 277 g/mol. The molecule has 1 saturated heterocycles. The fourth-order valence-electron chi connectivity index (χ4n) is 2.47. The van der Waals surface area contributed by atoms with Gasteiger partial charge in [-0.05, 0) is 30.5 Å². The molecule has 0 unspecified atom stereocenters. The number of rotatable bonds is 4. The summed E-state index contributed by atoms with van der Waals surface area (Å²) in [6.45, 7) is 0.620. The van der Waals surface area contributed by atoms with Crippen molar-refractivity contribution in [2.75, 3.05) is 20.8 Å². The number of ether oxygens (including phenoxy) is 2. The summed E-state index contributed by atoms with van der Waals surface area (Å²) in [5.74, 6) is 0.392. The molecule has 0 N–H and O–H groups in total. The number of amides is 1. The first-order valence-corrected chi connectivity index (χ1v) is 6.66. The zero-order valence-electron chi connectivity index (χ0n) is 11.8. The summed E-state index contributed by atoms with van der Waals surface area (Å²) in [5, 5.41) is 0. The summed E-state index contributed by atoms with van der Waals surface area (Å²) in [7, 11) is 2.96. The number of benzene rings is 1. The average Bonchev–Trinajstić information content (AvgIpc) is 2.96. The fourth-order valence-corrected chi connectivity index (χ4v) is 2.47. The maximum absolute atomic E-state index is 12.3. The van der Waals surface area contributed by atoms with Gasteiger partial charge in [0.05, 0.1) is 20.6 Å². The number of hydrogen-bond donors (Lipinski definition) is 0. The zero-order valence-corrected chi connectivity index (χ0v) is 11.8. The van der Waals surface area contributed by atoms with E-state index < -0.39 is 6.04 Å². The van der Waals surface area contributed by atoms with Crippen molar-refractivity contribution in [3.8, 4) is 5.75 Å². The van der Waals surface area contributed by atoms with Crippen LogP contribution in [0.4, 0.5) is 0 Å². The number of likely N-dealkylation sites (tertiary alicyclic amines) is 1. The first-order chi connectivity index (χ1) is 9.65. The second-order valence-electron chi connectivity index (χ2n) is 4.79. The first kappa shape index (κ1) is 14.4. The van der Waals surface area contributed by atoms with E-state index in [9.17, 15) is 9.59 Å². The van der Waals surface area contributed by atoms with Gasteiger partial charge in [-0.1, -0.05) is 12.1 Å². The van der Waals surface area contributed by atoms with Gasteiger partial charge in [-0.15, -0.1) is 0 Å². The lowest BCUT2D eigenvalue weighted by Crippen LogP contribution is -2.41. The lowest BCUT2D eigenvalue weighted by atomic mass is 10.1. The molecule has 1 aliphatic rings. The van der Waals surface area contributed by atoms with Gasteiger partial charge < -0.3 is 14.4 Å². The third kappa shape index (κ3) is 3.10. The van der Waals surface area contributed by atoms with Gasteiger partial charge in [-0.2, -0.15) is 0 Å². The van der Waals surface area contributed by atoms with Crippen molar-refractivity contribution >= 4 is 11.9 Å². The van der Waals surface area contributed by atoms with Crippen LogP contribution in [0.2, 0.25) is 0 Å². The Morgan fingerprint density at radius 3 is 2.55 bits per heavy atom. The van der Waals surface area contributed by atoms with Crippen molar-refractivity contribution in [2.24, 2.45) is 0 Å². The maximum atomic E-state index is 12.3. The molecular weight excluding hydrogens is 258 g/mol. The molecule has 0 radical (unpaired) electrons. The molecule has 20 heavy (non-hydrogen) atoms. The minimum atomic E-state index is -0.425. The first-order valence-electron chi connectivity index (χ1n) is 6.66. The highest BCUT2D eigenvalue weighted by molar-refractivity contribution is 5.86. The van der Waals surface area contributed by atoms with Crippen LogP contribution in [0.25, 0.3) is 0 Å². The van der Waals surface area contributed by atoms with E-state index >= 15 is 0 Å². The van der Waals surface area contributed by atoms with E-state index in [1.165, 1.54) is 7.11 Å². The second-order valence-corrected chi connectivity index (χ2v) is 4.79. The normalized spacial score (nSPS) is 17.9. The highest BCUT2D eigenvalue weighted by Gasteiger charge is 2.34. The number of esters is 1. The smallest absolute Gasteiger partial charge is 0.328 e. The summed E-state index contributed by atoms with van der Waals surface area (Å²) in [5.41, 5.74) is 0.909. The number of hydrogen-bond acceptors (Lipinski definition) is 4. The van der Waals surface area contributed by atoms with Gasteiger partial charge in [0.25, 0.3) is 0 Å². The molecule has 1 amide bonds. The van der Waals surface area contributed by atoms with Gasteiger partial charge in [-0.3, -0.25) is 4.79 Å². The van der Waals surface area contributed by atoms with E-state index in [0.717, 1.165) is 17.7 Å². The van der Waals surface area contributed by atoms with Crippen molar-refractivity contribution in [1.82, 2.24) is 4.90 Å². The molecule has 2 rings (SSSR count). The van der Waals surface area contributed by atoms with E-state index in [1.54, 1.807) is 12.0 Å². The van der Waals surface area contributed by atoms with E-state index in [2.05, 4.69) is 0 Å². The van der Waals surface area contributed by atoms with Crippen molar-refractivity contribution in [3.63, 3.8) is 0 Å². The summed E-state index contributed by atoms with van der Waals surface area (Å²) in [4.78, 5) is 25.5. The molecule has 0 saturated carbocycles. The topological polar surface area (TPSA) is 55.8 Å². The predicted molar refractivity (Wildman–Crippen MR) is 73.4 cm³/mol. The Kier molecular flexibility index (Phi) is 4.61. The molecule has 1 aliphatic heterocycles. The van der Waals surface area contributed by atoms with Crippen LogP contribution in [0.15, 0.2) is 24.3 Å². The minimum Gasteiger partial charge on any atom is -0.497 e. The molecule has 1 aromatic carbocycles. The standard InChI is InChI=1S/C15H19NO4/c1-19-12-7-5-11(6-8-12)10-14(17)16-9-3-4-13(16)15(18)20-2/h5-8,13H,3-4,9-10H2,1-2H3/t13-/m0/s1. The van der Waals surface area contributed by atoms with E-state index in [-0.39, 0.29) is 18.3 Å². The van der Waals surface area contributed by atoms with Crippen LogP contribution in [0.5, 0.6) is 5.75 Å². The lowest BCUT2D eigenvalue weighted by Gasteiger charge is -2.22. The Bertz CT molecular complexity index is 483. The van der Waals surface area contributed by atoms with Crippen LogP contribution in [0, 0.1) is 0 Å². The molecule has 0 spiro atoms. The summed E-state index contributed by atoms with van der Waals surface area (Å²) in [6.07, 6.45) is 1.81. The van der Waals surface area contributed by atoms with Gasteiger partial charge >= 0.3 is 5.97 Å². The third-order valence-electron chi connectivity index (χ3n) is 3.56. The van der Waals surface area contributed by atoms with Crippen LogP contribution < -0.4 is 4.74 Å². The summed E-state index contributed by atoms with van der Waals surface area (Å²) in [6, 6.07) is 6.94. The highest BCUT2D eigenvalue weighted by Crippen LogP contribution is 2.20. The molecule has 1 aromatic rings. The molecule has 1 atom stereocenters. The Balaban J connectivity index is 2.01. The number of carbonyl (C=O) groups is 2. The highest BCUT2D eigenvalue weighted by atomic mass is 16.5. The molecule has 0 aromatic heterocycles. The Morgan fingerprint density at radius 1 is 1.25 bits per heavy atom. The number of nitrogens with zero attached hydrogens (tertiary/aromatic N) is 1. The largest absolute Gasteiger partial charge is 0.497 e. The summed E-state index contributed by atoms with van der Waals surface area (Å²) >= 11 is 0. The van der Waals surface area contributed by atoms with Crippen molar-refractivity contribution in [3.05, 3.63) is 29.8 Å². The molecule has 5 nitrogen and oxygen atoms in total. The van der Waals surface area contributed by atoms with Gasteiger partial charge in [0.15, 0.2) is 0 Å². The molecule has 108 valence electrons. The SMILES string of the molecule is COC(=O)[C@@H]1CCCN1C(=O)Cc1ccc(OC)cc1. The molecule has 0 bridgehead atoms. The van der Waals surface area contributed by atoms with Crippen LogP contribution in [0.3, 0.4) is 0 Å². The number of carbonyl (C=O) groups excluding carboxylic acids is 2. The monoisotopic (exact) mass is 277 g/mol. The Morgan fingerprint density at radius 2 is 1.95 bits per heavy atom. The van der Waals surface area contributed by atoms with Crippen LogP contribution >= 0.6 is 0 Å². The van der Waals surface area contributed by atoms with E-state index in [0.29, 0.717) is 13.0 Å². The second kappa shape index (κ2) is 6.41. The quantitative estimate of drug-likeness (QED) is 0.781. The fraction of sp³-hybridized carbons (Fsp3) is 0.467. The number of methoxy groups -OCH3 is 2. The van der Waals surface area contributed by atoms with Gasteiger partial charge in [0.2, 0.25) is 5.91 Å². The Hall–Kier alpha value is -2.04. The zero-order chi connectivity index (χ0) is 14.5. The Labute approximate surface area is 118 Å². The van der Waals surface area contributed by atoms with E-state index in [1.807, 2.05) is 24.3 Å². The lowest BCUT2D eigenvalue weighted by molar-refractivity contribution is -0.150. The molecular formula is C15H19NO4. The van der Waals surface area contributed by atoms with Crippen LogP contribution in [-0.2, 0) is 20.7 Å². The third-order valence-corrected chi connectivity index (χ3v) is 3.56.